The lowest BCUT2D eigenvalue weighted by molar-refractivity contribution is -0.143. The maximum Gasteiger partial charge on any atom is 0.325 e. The van der Waals surface area contributed by atoms with E-state index in [0.717, 1.165) is 28.9 Å². The van der Waals surface area contributed by atoms with Crippen molar-refractivity contribution in [1.82, 2.24) is 14.9 Å². The molecule has 7 nitrogen and oxygen atoms in total. The molecule has 1 unspecified atom stereocenters. The number of carbonyl (C=O) groups is 2. The SMILES string of the molecule is CCOC(=O)CNC(=O)CSc1nc2c(c(=O)n1-c1cc(C)cc(C)c1)SC(C)C2. The quantitative estimate of drug-likeness (QED) is 0.396. The molecule has 0 radical (unpaired) electrons. The Bertz CT molecular complexity index is 1020. The molecule has 0 bridgehead atoms. The number of rotatable bonds is 7. The van der Waals surface area contributed by atoms with Gasteiger partial charge in [0.2, 0.25) is 5.91 Å². The smallest absolute Gasteiger partial charge is 0.325 e. The average molecular weight is 448 g/mol. The van der Waals surface area contributed by atoms with Crippen molar-refractivity contribution in [2.45, 2.75) is 49.4 Å². The number of aryl methyl sites for hydroxylation is 2. The second kappa shape index (κ2) is 9.70. The third-order valence-electron chi connectivity index (χ3n) is 4.41. The minimum absolute atomic E-state index is 0.0398. The van der Waals surface area contributed by atoms with Crippen molar-refractivity contribution in [3.05, 3.63) is 45.4 Å². The molecule has 0 saturated carbocycles. The van der Waals surface area contributed by atoms with Crippen molar-refractivity contribution in [3.63, 3.8) is 0 Å². The van der Waals surface area contributed by atoms with Crippen molar-refractivity contribution in [3.8, 4) is 5.69 Å². The molecule has 1 atom stereocenters. The van der Waals surface area contributed by atoms with Gasteiger partial charge in [0.15, 0.2) is 5.16 Å². The van der Waals surface area contributed by atoms with Crippen LogP contribution in [0.3, 0.4) is 0 Å². The van der Waals surface area contributed by atoms with Crippen LogP contribution in [0.1, 0.15) is 30.7 Å². The number of esters is 1. The first kappa shape index (κ1) is 22.4. The predicted octanol–water partition coefficient (Wildman–Crippen LogP) is 2.66. The van der Waals surface area contributed by atoms with Gasteiger partial charge in [-0.05, 0) is 44.0 Å². The van der Waals surface area contributed by atoms with E-state index < -0.39 is 5.97 Å². The highest BCUT2D eigenvalue weighted by Crippen LogP contribution is 2.35. The molecular formula is C21H25N3O4S2. The number of nitrogens with zero attached hydrogens (tertiary/aromatic N) is 2. The highest BCUT2D eigenvalue weighted by atomic mass is 32.2. The predicted molar refractivity (Wildman–Crippen MR) is 119 cm³/mol. The van der Waals surface area contributed by atoms with Gasteiger partial charge >= 0.3 is 5.97 Å². The molecule has 160 valence electrons. The summed E-state index contributed by atoms with van der Waals surface area (Å²) in [6, 6.07) is 5.93. The van der Waals surface area contributed by atoms with Crippen LogP contribution >= 0.6 is 23.5 Å². The highest BCUT2D eigenvalue weighted by molar-refractivity contribution is 8.00. The zero-order valence-corrected chi connectivity index (χ0v) is 19.1. The number of aromatic nitrogens is 2. The van der Waals surface area contributed by atoms with Crippen molar-refractivity contribution in [1.29, 1.82) is 0 Å². The number of fused-ring (bicyclic) bond motifs is 1. The summed E-state index contributed by atoms with van der Waals surface area (Å²) in [6.07, 6.45) is 0.728. The first-order valence-corrected chi connectivity index (χ1v) is 11.6. The van der Waals surface area contributed by atoms with Crippen molar-refractivity contribution >= 4 is 35.4 Å². The summed E-state index contributed by atoms with van der Waals surface area (Å²) in [5.74, 6) is -0.764. The molecular weight excluding hydrogens is 422 g/mol. The van der Waals surface area contributed by atoms with E-state index in [9.17, 15) is 14.4 Å². The number of carbonyl (C=O) groups excluding carboxylic acids is 2. The van der Waals surface area contributed by atoms with Crippen molar-refractivity contribution in [2.75, 3.05) is 18.9 Å². The number of nitrogens with one attached hydrogen (secondary N) is 1. The van der Waals surface area contributed by atoms with Crippen LogP contribution in [-0.4, -0.2) is 45.6 Å². The number of hydrogen-bond acceptors (Lipinski definition) is 7. The van der Waals surface area contributed by atoms with Gasteiger partial charge in [-0.25, -0.2) is 4.98 Å². The van der Waals surface area contributed by atoms with Gasteiger partial charge in [-0.2, -0.15) is 0 Å². The third-order valence-corrected chi connectivity index (χ3v) is 6.57. The molecule has 1 N–H and O–H groups in total. The fourth-order valence-corrected chi connectivity index (χ4v) is 5.22. The molecule has 1 amide bonds. The van der Waals surface area contributed by atoms with E-state index >= 15 is 0 Å². The van der Waals surface area contributed by atoms with E-state index in [0.29, 0.717) is 15.3 Å². The number of amides is 1. The van der Waals surface area contributed by atoms with Crippen LogP contribution in [0, 0.1) is 13.8 Å². The van der Waals surface area contributed by atoms with Crippen LogP contribution in [0.5, 0.6) is 0 Å². The molecule has 0 aliphatic carbocycles. The summed E-state index contributed by atoms with van der Waals surface area (Å²) >= 11 is 2.73. The van der Waals surface area contributed by atoms with Gasteiger partial charge < -0.3 is 10.1 Å². The van der Waals surface area contributed by atoms with Crippen LogP contribution in [0.4, 0.5) is 0 Å². The molecule has 3 rings (SSSR count). The Hall–Kier alpha value is -2.26. The lowest BCUT2D eigenvalue weighted by Crippen LogP contribution is -2.32. The molecule has 2 aromatic rings. The fraction of sp³-hybridized carbons (Fsp3) is 0.429. The monoisotopic (exact) mass is 447 g/mol. The number of ether oxygens (including phenoxy) is 1. The Morgan fingerprint density at radius 2 is 2.00 bits per heavy atom. The summed E-state index contributed by atoms with van der Waals surface area (Å²) in [7, 11) is 0. The van der Waals surface area contributed by atoms with Gasteiger partial charge in [0.25, 0.3) is 5.56 Å². The second-order valence-electron chi connectivity index (χ2n) is 7.16. The van der Waals surface area contributed by atoms with Gasteiger partial charge in [-0.3, -0.25) is 19.0 Å². The van der Waals surface area contributed by atoms with Crippen LogP contribution in [0.2, 0.25) is 0 Å². The number of thioether (sulfide) groups is 2. The molecule has 1 aliphatic heterocycles. The molecule has 2 heterocycles. The standard InChI is InChI=1S/C21H25N3O4S2/c1-5-28-18(26)10-22-17(25)11-29-21-23-16-9-14(4)30-19(16)20(27)24(21)15-7-12(2)6-13(3)8-15/h6-8,14H,5,9-11H2,1-4H3,(H,22,25). The summed E-state index contributed by atoms with van der Waals surface area (Å²) in [5, 5.41) is 3.30. The Labute approximate surface area is 184 Å². The van der Waals surface area contributed by atoms with E-state index in [1.165, 1.54) is 11.8 Å². The Morgan fingerprint density at radius 1 is 1.30 bits per heavy atom. The van der Waals surface area contributed by atoms with Crippen molar-refractivity contribution in [2.24, 2.45) is 0 Å². The minimum atomic E-state index is -0.482. The fourth-order valence-electron chi connectivity index (χ4n) is 3.27. The van der Waals surface area contributed by atoms with Crippen LogP contribution in [0.15, 0.2) is 33.0 Å². The molecule has 0 spiro atoms. The Morgan fingerprint density at radius 3 is 2.67 bits per heavy atom. The normalized spacial score (nSPS) is 15.0. The van der Waals surface area contributed by atoms with Gasteiger partial charge in [0, 0.05) is 11.7 Å². The third kappa shape index (κ3) is 5.26. The van der Waals surface area contributed by atoms with Gasteiger partial charge in [-0.15, -0.1) is 11.8 Å². The molecule has 1 aromatic heterocycles. The molecule has 9 heteroatoms. The van der Waals surface area contributed by atoms with Crippen LogP contribution in [-0.2, 0) is 20.7 Å². The van der Waals surface area contributed by atoms with Crippen LogP contribution < -0.4 is 10.9 Å². The second-order valence-corrected chi connectivity index (χ2v) is 9.55. The average Bonchev–Trinajstić information content (AvgIpc) is 3.05. The van der Waals surface area contributed by atoms with E-state index in [1.54, 1.807) is 23.3 Å². The van der Waals surface area contributed by atoms with E-state index in [2.05, 4.69) is 12.2 Å². The zero-order valence-electron chi connectivity index (χ0n) is 17.5. The highest BCUT2D eigenvalue weighted by Gasteiger charge is 2.27. The number of hydrogen-bond donors (Lipinski definition) is 1. The van der Waals surface area contributed by atoms with Gasteiger partial charge in [0.1, 0.15) is 6.54 Å². The lowest BCUT2D eigenvalue weighted by atomic mass is 10.1. The van der Waals surface area contributed by atoms with Gasteiger partial charge in [-0.1, -0.05) is 24.8 Å². The number of benzene rings is 1. The topological polar surface area (TPSA) is 90.3 Å². The lowest BCUT2D eigenvalue weighted by Gasteiger charge is -2.15. The largest absolute Gasteiger partial charge is 0.465 e. The van der Waals surface area contributed by atoms with Gasteiger partial charge in [0.05, 0.1) is 28.6 Å². The molecule has 0 saturated heterocycles. The molecule has 1 aromatic carbocycles. The summed E-state index contributed by atoms with van der Waals surface area (Å²) in [5.41, 5.74) is 3.51. The Kier molecular flexibility index (Phi) is 7.25. The molecule has 30 heavy (non-hydrogen) atoms. The van der Waals surface area contributed by atoms with Crippen molar-refractivity contribution < 1.29 is 14.3 Å². The summed E-state index contributed by atoms with van der Waals surface area (Å²) in [6.45, 7) is 7.83. The Balaban J connectivity index is 1.89. The first-order valence-electron chi connectivity index (χ1n) is 9.74. The van der Waals surface area contributed by atoms with E-state index in [4.69, 9.17) is 9.72 Å². The maximum atomic E-state index is 13.3. The van der Waals surface area contributed by atoms with E-state index in [1.807, 2.05) is 32.0 Å². The first-order chi connectivity index (χ1) is 14.3. The maximum absolute atomic E-state index is 13.3. The minimum Gasteiger partial charge on any atom is -0.465 e. The zero-order chi connectivity index (χ0) is 21.8. The van der Waals surface area contributed by atoms with E-state index in [-0.39, 0.29) is 30.4 Å². The summed E-state index contributed by atoms with van der Waals surface area (Å²) < 4.78 is 6.40. The molecule has 0 fully saturated rings. The summed E-state index contributed by atoms with van der Waals surface area (Å²) in [4.78, 5) is 42.3. The van der Waals surface area contributed by atoms with Crippen LogP contribution in [0.25, 0.3) is 5.69 Å². The molecule has 1 aliphatic rings.